The van der Waals surface area contributed by atoms with Crippen molar-refractivity contribution in [3.63, 3.8) is 0 Å². The average Bonchev–Trinajstić information content (AvgIpc) is 2.45. The number of unbranched alkanes of at least 4 members (excludes halogenated alkanes) is 3. The second kappa shape index (κ2) is 11.3. The lowest BCUT2D eigenvalue weighted by atomic mass is 10.2. The van der Waals surface area contributed by atoms with Crippen LogP contribution in [0.4, 0.5) is 0 Å². The number of halogens is 1. The summed E-state index contributed by atoms with van der Waals surface area (Å²) < 4.78 is 6.55. The number of aliphatic hydroxyl groups is 1. The lowest BCUT2D eigenvalue weighted by Gasteiger charge is -2.12. The van der Waals surface area contributed by atoms with Gasteiger partial charge in [0.1, 0.15) is 0 Å². The number of hydrogen-bond donors (Lipinski definition) is 2. The van der Waals surface area contributed by atoms with Crippen molar-refractivity contribution < 1.29 is 9.84 Å². The molecule has 114 valence electrons. The summed E-state index contributed by atoms with van der Waals surface area (Å²) in [5, 5.41) is 13.0. The van der Waals surface area contributed by atoms with Crippen molar-refractivity contribution >= 4 is 15.9 Å². The molecule has 0 amide bonds. The zero-order valence-corrected chi connectivity index (χ0v) is 13.9. The molecule has 0 aliphatic rings. The molecule has 0 spiro atoms. The molecule has 0 saturated carbocycles. The molecule has 3 nitrogen and oxygen atoms in total. The molecule has 1 atom stereocenters. The summed E-state index contributed by atoms with van der Waals surface area (Å²) in [7, 11) is 0. The first-order valence-electron chi connectivity index (χ1n) is 7.43. The predicted octanol–water partition coefficient (Wildman–Crippen LogP) is 3.50. The smallest absolute Gasteiger partial charge is 0.0897 e. The second-order valence-corrected chi connectivity index (χ2v) is 5.96. The third-order valence-corrected chi connectivity index (χ3v) is 3.60. The van der Waals surface area contributed by atoms with Crippen LogP contribution in [0.3, 0.4) is 0 Å². The van der Waals surface area contributed by atoms with E-state index in [-0.39, 0.29) is 0 Å². The molecular formula is C16H26BrNO2. The van der Waals surface area contributed by atoms with E-state index in [2.05, 4.69) is 40.3 Å². The molecule has 20 heavy (non-hydrogen) atoms. The minimum Gasteiger partial charge on any atom is -0.389 e. The Balaban J connectivity index is 1.99. The summed E-state index contributed by atoms with van der Waals surface area (Å²) >= 11 is 3.41. The van der Waals surface area contributed by atoms with Gasteiger partial charge >= 0.3 is 0 Å². The van der Waals surface area contributed by atoms with Gasteiger partial charge in [-0.3, -0.25) is 0 Å². The van der Waals surface area contributed by atoms with Crippen molar-refractivity contribution in [2.24, 2.45) is 0 Å². The van der Waals surface area contributed by atoms with E-state index in [0.29, 0.717) is 13.2 Å². The average molecular weight is 344 g/mol. The number of ether oxygens (including phenoxy) is 1. The second-order valence-electron chi connectivity index (χ2n) is 5.05. The van der Waals surface area contributed by atoms with Crippen LogP contribution in [0.15, 0.2) is 28.7 Å². The van der Waals surface area contributed by atoms with Crippen molar-refractivity contribution in [3.8, 4) is 0 Å². The first kappa shape index (κ1) is 17.6. The van der Waals surface area contributed by atoms with Gasteiger partial charge in [-0.1, -0.05) is 54.2 Å². The summed E-state index contributed by atoms with van der Waals surface area (Å²) in [5.41, 5.74) is 1.21. The summed E-state index contributed by atoms with van der Waals surface area (Å²) in [5.74, 6) is 0. The van der Waals surface area contributed by atoms with Gasteiger partial charge in [-0.2, -0.15) is 0 Å². The molecule has 0 aliphatic carbocycles. The van der Waals surface area contributed by atoms with E-state index in [1.165, 1.54) is 24.8 Å². The van der Waals surface area contributed by atoms with Crippen LogP contribution in [0.25, 0.3) is 0 Å². The summed E-state index contributed by atoms with van der Waals surface area (Å²) in [6.07, 6.45) is 4.38. The molecule has 0 bridgehead atoms. The van der Waals surface area contributed by atoms with Crippen LogP contribution in [0, 0.1) is 0 Å². The van der Waals surface area contributed by atoms with Gasteiger partial charge in [-0.25, -0.2) is 0 Å². The van der Waals surface area contributed by atoms with Crippen LogP contribution in [-0.4, -0.2) is 31.0 Å². The normalized spacial score (nSPS) is 12.6. The zero-order chi connectivity index (χ0) is 14.6. The predicted molar refractivity (Wildman–Crippen MR) is 86.8 cm³/mol. The van der Waals surface area contributed by atoms with Crippen LogP contribution in [0.2, 0.25) is 0 Å². The Morgan fingerprint density at radius 1 is 1.20 bits per heavy atom. The van der Waals surface area contributed by atoms with Crippen molar-refractivity contribution in [2.45, 2.75) is 45.3 Å². The van der Waals surface area contributed by atoms with Crippen molar-refractivity contribution in [1.82, 2.24) is 5.32 Å². The molecule has 0 radical (unpaired) electrons. The Labute approximate surface area is 130 Å². The number of aliphatic hydroxyl groups excluding tert-OH is 1. The van der Waals surface area contributed by atoms with Gasteiger partial charge < -0.3 is 15.2 Å². The lowest BCUT2D eigenvalue weighted by molar-refractivity contribution is 0.0353. The first-order chi connectivity index (χ1) is 9.72. The minimum atomic E-state index is -0.434. The highest BCUT2D eigenvalue weighted by Crippen LogP contribution is 2.10. The fourth-order valence-electron chi connectivity index (χ4n) is 1.89. The number of rotatable bonds is 11. The number of nitrogens with one attached hydrogen (secondary N) is 1. The fraction of sp³-hybridized carbons (Fsp3) is 0.625. The zero-order valence-electron chi connectivity index (χ0n) is 12.3. The topological polar surface area (TPSA) is 41.5 Å². The largest absolute Gasteiger partial charge is 0.389 e. The Kier molecular flexibility index (Phi) is 9.93. The maximum absolute atomic E-state index is 9.78. The standard InChI is InChI=1S/C16H26BrNO2/c1-2-3-4-5-10-20-13-16(19)12-18-11-14-6-8-15(17)9-7-14/h6-9,16,18-19H,2-5,10-13H2,1H3. The Bertz CT molecular complexity index is 343. The Morgan fingerprint density at radius 2 is 1.95 bits per heavy atom. The van der Waals surface area contributed by atoms with E-state index < -0.39 is 6.10 Å². The van der Waals surface area contributed by atoms with Crippen LogP contribution in [-0.2, 0) is 11.3 Å². The quantitative estimate of drug-likeness (QED) is 0.604. The van der Waals surface area contributed by atoms with Crippen LogP contribution >= 0.6 is 15.9 Å². The van der Waals surface area contributed by atoms with Crippen molar-refractivity contribution in [3.05, 3.63) is 34.3 Å². The van der Waals surface area contributed by atoms with E-state index in [4.69, 9.17) is 4.74 Å². The van der Waals surface area contributed by atoms with Gasteiger partial charge in [0.15, 0.2) is 0 Å². The molecule has 1 unspecified atom stereocenters. The van der Waals surface area contributed by atoms with Gasteiger partial charge in [0, 0.05) is 24.2 Å². The maximum atomic E-state index is 9.78. The molecule has 1 rings (SSSR count). The summed E-state index contributed by atoms with van der Waals surface area (Å²) in [4.78, 5) is 0. The molecule has 0 saturated heterocycles. The monoisotopic (exact) mass is 343 g/mol. The molecular weight excluding hydrogens is 318 g/mol. The van der Waals surface area contributed by atoms with E-state index in [0.717, 1.165) is 24.0 Å². The van der Waals surface area contributed by atoms with E-state index >= 15 is 0 Å². The Hall–Kier alpha value is -0.420. The first-order valence-corrected chi connectivity index (χ1v) is 8.22. The molecule has 1 aromatic rings. The highest BCUT2D eigenvalue weighted by Gasteiger charge is 2.03. The van der Waals surface area contributed by atoms with Gasteiger partial charge in [0.05, 0.1) is 12.7 Å². The third kappa shape index (κ3) is 8.69. The highest BCUT2D eigenvalue weighted by molar-refractivity contribution is 9.10. The molecule has 1 aromatic carbocycles. The van der Waals surface area contributed by atoms with Gasteiger partial charge in [-0.05, 0) is 24.1 Å². The number of hydrogen-bond acceptors (Lipinski definition) is 3. The van der Waals surface area contributed by atoms with Crippen LogP contribution in [0.1, 0.15) is 38.2 Å². The maximum Gasteiger partial charge on any atom is 0.0897 e. The van der Waals surface area contributed by atoms with E-state index in [1.54, 1.807) is 0 Å². The van der Waals surface area contributed by atoms with E-state index in [1.807, 2.05) is 12.1 Å². The van der Waals surface area contributed by atoms with Crippen molar-refractivity contribution in [2.75, 3.05) is 19.8 Å². The fourth-order valence-corrected chi connectivity index (χ4v) is 2.16. The molecule has 2 N–H and O–H groups in total. The van der Waals surface area contributed by atoms with Gasteiger partial charge in [-0.15, -0.1) is 0 Å². The number of benzene rings is 1. The summed E-state index contributed by atoms with van der Waals surface area (Å²) in [6, 6.07) is 8.17. The molecule has 4 heteroatoms. The molecule has 0 fully saturated rings. The van der Waals surface area contributed by atoms with Crippen LogP contribution in [0.5, 0.6) is 0 Å². The Morgan fingerprint density at radius 3 is 2.65 bits per heavy atom. The van der Waals surface area contributed by atoms with Crippen LogP contribution < -0.4 is 5.32 Å². The van der Waals surface area contributed by atoms with Gasteiger partial charge in [0.25, 0.3) is 0 Å². The molecule has 0 heterocycles. The summed E-state index contributed by atoms with van der Waals surface area (Å²) in [6.45, 7) is 4.69. The highest BCUT2D eigenvalue weighted by atomic mass is 79.9. The van der Waals surface area contributed by atoms with Crippen molar-refractivity contribution in [1.29, 1.82) is 0 Å². The molecule has 0 aliphatic heterocycles. The SMILES string of the molecule is CCCCCCOCC(O)CNCc1ccc(Br)cc1. The minimum absolute atomic E-state index is 0.416. The molecule has 0 aromatic heterocycles. The lowest BCUT2D eigenvalue weighted by Crippen LogP contribution is -2.30. The van der Waals surface area contributed by atoms with Gasteiger partial charge in [0.2, 0.25) is 0 Å². The third-order valence-electron chi connectivity index (χ3n) is 3.07. The van der Waals surface area contributed by atoms with E-state index in [9.17, 15) is 5.11 Å².